The number of imidazole rings is 1. The Kier molecular flexibility index (Phi) is 3.86. The zero-order valence-corrected chi connectivity index (χ0v) is 14.6. The van der Waals surface area contributed by atoms with Gasteiger partial charge in [0.05, 0.1) is 4.90 Å². The highest BCUT2D eigenvalue weighted by Crippen LogP contribution is 2.26. The Morgan fingerprint density at radius 1 is 1.00 bits per heavy atom. The van der Waals surface area contributed by atoms with E-state index < -0.39 is 15.7 Å². The molecule has 0 unspecified atom stereocenters. The summed E-state index contributed by atoms with van der Waals surface area (Å²) < 4.78 is 28.9. The maximum absolute atomic E-state index is 13.4. The number of hydrogen-bond acceptors (Lipinski definition) is 5. The number of aromatic nitrogens is 3. The number of nitrogens with zero attached hydrogens (tertiary/aromatic N) is 3. The van der Waals surface area contributed by atoms with E-state index >= 15 is 0 Å². The molecule has 0 saturated heterocycles. The zero-order chi connectivity index (χ0) is 18.3. The molecule has 132 valence electrons. The number of benzene rings is 2. The Balaban J connectivity index is 2.09. The van der Waals surface area contributed by atoms with E-state index in [2.05, 4.69) is 4.98 Å². The molecular weight excluding hydrogens is 352 g/mol. The van der Waals surface area contributed by atoms with Crippen LogP contribution in [0, 0.1) is 0 Å². The van der Waals surface area contributed by atoms with Crippen LogP contribution in [0.3, 0.4) is 0 Å². The maximum atomic E-state index is 13.4. The van der Waals surface area contributed by atoms with Crippen LogP contribution in [-0.4, -0.2) is 28.5 Å². The van der Waals surface area contributed by atoms with E-state index in [9.17, 15) is 13.2 Å². The highest BCUT2D eigenvalue weighted by atomic mass is 32.2. The summed E-state index contributed by atoms with van der Waals surface area (Å²) in [5.74, 6) is 0. The molecule has 26 heavy (non-hydrogen) atoms. The Morgan fingerprint density at radius 2 is 1.77 bits per heavy atom. The van der Waals surface area contributed by atoms with Crippen molar-refractivity contribution in [1.82, 2.24) is 13.5 Å². The van der Waals surface area contributed by atoms with Gasteiger partial charge in [-0.2, -0.15) is 3.97 Å². The topological polar surface area (TPSA) is 100.0 Å². The average molecular weight is 368 g/mol. The van der Waals surface area contributed by atoms with Crippen molar-refractivity contribution >= 4 is 32.0 Å². The van der Waals surface area contributed by atoms with Crippen LogP contribution in [0.25, 0.3) is 21.9 Å². The van der Waals surface area contributed by atoms with Gasteiger partial charge in [-0.3, -0.25) is 4.57 Å². The summed E-state index contributed by atoms with van der Waals surface area (Å²) in [4.78, 5) is 17.1. The van der Waals surface area contributed by atoms with Gasteiger partial charge in [-0.1, -0.05) is 36.4 Å². The summed E-state index contributed by atoms with van der Waals surface area (Å²) in [6.07, 6.45) is 1.52. The van der Waals surface area contributed by atoms with Crippen LogP contribution in [0.1, 0.15) is 0 Å². The molecule has 0 bridgehead atoms. The third-order valence-corrected chi connectivity index (χ3v) is 6.01. The fraction of sp³-hybridized carbons (Fsp3) is 0.111. The molecule has 2 N–H and O–H groups in total. The molecule has 4 rings (SSSR count). The number of fused-ring (bicyclic) bond motifs is 2. The third kappa shape index (κ3) is 2.34. The predicted molar refractivity (Wildman–Crippen MR) is 99.6 cm³/mol. The summed E-state index contributed by atoms with van der Waals surface area (Å²) in [5.41, 5.74) is 5.44. The SMILES string of the molecule is NCCn1c(=O)n(S(=O)(=O)c2cccc3ccccc23)c2cccnc21. The molecule has 0 aliphatic heterocycles. The second kappa shape index (κ2) is 6.08. The summed E-state index contributed by atoms with van der Waals surface area (Å²) >= 11 is 0. The fourth-order valence-electron chi connectivity index (χ4n) is 3.14. The van der Waals surface area contributed by atoms with Crippen molar-refractivity contribution in [3.63, 3.8) is 0 Å². The molecule has 0 saturated carbocycles. The largest absolute Gasteiger partial charge is 0.344 e. The van der Waals surface area contributed by atoms with E-state index in [0.29, 0.717) is 11.0 Å². The Hall–Kier alpha value is -2.97. The lowest BCUT2D eigenvalue weighted by atomic mass is 10.1. The first-order valence-corrected chi connectivity index (χ1v) is 9.49. The van der Waals surface area contributed by atoms with Crippen molar-refractivity contribution in [3.05, 3.63) is 71.3 Å². The molecule has 0 aliphatic carbocycles. The van der Waals surface area contributed by atoms with E-state index in [1.165, 1.54) is 16.8 Å². The van der Waals surface area contributed by atoms with Gasteiger partial charge in [-0.15, -0.1) is 0 Å². The van der Waals surface area contributed by atoms with Gasteiger partial charge >= 0.3 is 5.69 Å². The highest BCUT2D eigenvalue weighted by molar-refractivity contribution is 7.90. The van der Waals surface area contributed by atoms with Gasteiger partial charge in [0.1, 0.15) is 5.52 Å². The standard InChI is InChI=1S/C18H16N4O3S/c19-10-12-21-17-15(8-4-11-20-17)22(18(21)23)26(24,25)16-9-3-6-13-5-1-2-7-14(13)16/h1-9,11H,10,12,19H2. The minimum absolute atomic E-state index is 0.0772. The maximum Gasteiger partial charge on any atom is 0.344 e. The normalized spacial score (nSPS) is 12.0. The molecule has 0 atom stereocenters. The van der Waals surface area contributed by atoms with E-state index in [0.717, 1.165) is 9.36 Å². The van der Waals surface area contributed by atoms with Crippen LogP contribution in [0.5, 0.6) is 0 Å². The highest BCUT2D eigenvalue weighted by Gasteiger charge is 2.27. The lowest BCUT2D eigenvalue weighted by Gasteiger charge is -2.09. The monoisotopic (exact) mass is 368 g/mol. The zero-order valence-electron chi connectivity index (χ0n) is 13.7. The lowest BCUT2D eigenvalue weighted by Crippen LogP contribution is -2.31. The molecular formula is C18H16N4O3S. The molecule has 7 nitrogen and oxygen atoms in total. The lowest BCUT2D eigenvalue weighted by molar-refractivity contribution is 0.584. The molecule has 2 heterocycles. The van der Waals surface area contributed by atoms with Crippen molar-refractivity contribution < 1.29 is 8.42 Å². The van der Waals surface area contributed by atoms with Crippen LogP contribution in [0.4, 0.5) is 0 Å². The van der Waals surface area contributed by atoms with Crippen LogP contribution in [-0.2, 0) is 16.6 Å². The molecule has 0 fully saturated rings. The number of rotatable bonds is 4. The molecule has 8 heteroatoms. The van der Waals surface area contributed by atoms with Gasteiger partial charge in [0, 0.05) is 24.7 Å². The van der Waals surface area contributed by atoms with Gasteiger partial charge in [-0.05, 0) is 23.6 Å². The smallest absolute Gasteiger partial charge is 0.329 e. The Bertz CT molecular complexity index is 1280. The minimum Gasteiger partial charge on any atom is -0.329 e. The van der Waals surface area contributed by atoms with Crippen molar-refractivity contribution in [1.29, 1.82) is 0 Å². The Labute approximate surface area is 149 Å². The van der Waals surface area contributed by atoms with Crippen molar-refractivity contribution in [3.8, 4) is 0 Å². The Morgan fingerprint density at radius 3 is 2.58 bits per heavy atom. The first kappa shape index (κ1) is 16.5. The average Bonchev–Trinajstić information content (AvgIpc) is 2.94. The molecule has 0 radical (unpaired) electrons. The first-order valence-electron chi connectivity index (χ1n) is 8.05. The van der Waals surface area contributed by atoms with E-state index in [1.54, 1.807) is 30.3 Å². The third-order valence-electron chi connectivity index (χ3n) is 4.27. The molecule has 2 aromatic heterocycles. The summed E-state index contributed by atoms with van der Waals surface area (Å²) in [6, 6.07) is 15.3. The van der Waals surface area contributed by atoms with Gasteiger partial charge in [-0.25, -0.2) is 18.2 Å². The minimum atomic E-state index is -4.12. The van der Waals surface area contributed by atoms with E-state index in [4.69, 9.17) is 5.73 Å². The van der Waals surface area contributed by atoms with Gasteiger partial charge in [0.25, 0.3) is 10.0 Å². The molecule has 0 amide bonds. The number of nitrogens with two attached hydrogens (primary N) is 1. The summed E-state index contributed by atoms with van der Waals surface area (Å²) in [7, 11) is -4.12. The fourth-order valence-corrected chi connectivity index (χ4v) is 4.76. The second-order valence-corrected chi connectivity index (χ2v) is 7.57. The van der Waals surface area contributed by atoms with E-state index in [-0.39, 0.29) is 23.5 Å². The van der Waals surface area contributed by atoms with Gasteiger partial charge in [0.15, 0.2) is 5.65 Å². The number of pyridine rings is 1. The molecule has 4 aromatic rings. The van der Waals surface area contributed by atoms with Gasteiger partial charge < -0.3 is 5.73 Å². The van der Waals surface area contributed by atoms with Crippen LogP contribution < -0.4 is 11.4 Å². The molecule has 0 aliphatic rings. The second-order valence-electron chi connectivity index (χ2n) is 5.82. The first-order chi connectivity index (χ1) is 12.6. The van der Waals surface area contributed by atoms with Crippen molar-refractivity contribution in [2.75, 3.05) is 6.54 Å². The van der Waals surface area contributed by atoms with Crippen molar-refractivity contribution in [2.24, 2.45) is 5.73 Å². The summed E-state index contributed by atoms with van der Waals surface area (Å²) in [6.45, 7) is 0.383. The van der Waals surface area contributed by atoms with Crippen LogP contribution in [0.2, 0.25) is 0 Å². The molecule has 2 aromatic carbocycles. The number of hydrogen-bond donors (Lipinski definition) is 1. The quantitative estimate of drug-likeness (QED) is 0.589. The van der Waals surface area contributed by atoms with Gasteiger partial charge in [0.2, 0.25) is 0 Å². The van der Waals surface area contributed by atoms with Crippen molar-refractivity contribution in [2.45, 2.75) is 11.4 Å². The molecule has 0 spiro atoms. The summed E-state index contributed by atoms with van der Waals surface area (Å²) in [5, 5.41) is 1.34. The van der Waals surface area contributed by atoms with Crippen LogP contribution >= 0.6 is 0 Å². The van der Waals surface area contributed by atoms with E-state index in [1.807, 2.05) is 18.2 Å². The predicted octanol–water partition coefficient (Wildman–Crippen LogP) is 1.55. The van der Waals surface area contributed by atoms with Crippen LogP contribution in [0.15, 0.2) is 70.5 Å².